The number of carbonyl (C=O) groups excluding carboxylic acids is 1. The van der Waals surface area contributed by atoms with E-state index in [4.69, 9.17) is 4.74 Å². The van der Waals surface area contributed by atoms with Crippen molar-refractivity contribution in [2.24, 2.45) is 5.92 Å². The molecule has 6 heteroatoms. The summed E-state index contributed by atoms with van der Waals surface area (Å²) in [7, 11) is 0. The molecule has 1 saturated heterocycles. The van der Waals surface area contributed by atoms with Crippen LogP contribution in [-0.2, 0) is 0 Å². The van der Waals surface area contributed by atoms with Crippen molar-refractivity contribution in [3.8, 4) is 5.75 Å². The molecule has 2 fully saturated rings. The lowest BCUT2D eigenvalue weighted by Crippen LogP contribution is -2.47. The molecule has 2 heterocycles. The van der Waals surface area contributed by atoms with Gasteiger partial charge in [0, 0.05) is 6.04 Å². The third-order valence-electron chi connectivity index (χ3n) is 5.31. The number of thiazole rings is 1. The van der Waals surface area contributed by atoms with Gasteiger partial charge in [-0.1, -0.05) is 0 Å². The molecule has 2 aromatic rings. The first kappa shape index (κ1) is 16.5. The number of halogens is 1. The normalized spacial score (nSPS) is 24.8. The Hall–Kier alpha value is -1.95. The number of hydrogen-bond donors (Lipinski definition) is 0. The van der Waals surface area contributed by atoms with Crippen molar-refractivity contribution in [2.75, 3.05) is 6.61 Å². The monoisotopic (exact) mass is 360 g/mol. The van der Waals surface area contributed by atoms with Gasteiger partial charge in [-0.3, -0.25) is 4.79 Å². The third kappa shape index (κ3) is 3.03. The Morgan fingerprint density at radius 2 is 2.08 bits per heavy atom. The lowest BCUT2D eigenvalue weighted by molar-refractivity contribution is 0.0509. The molecule has 25 heavy (non-hydrogen) atoms. The van der Waals surface area contributed by atoms with Crippen molar-refractivity contribution in [3.63, 3.8) is 0 Å². The van der Waals surface area contributed by atoms with E-state index in [0.717, 1.165) is 34.8 Å². The van der Waals surface area contributed by atoms with Crippen molar-refractivity contribution in [1.82, 2.24) is 9.88 Å². The van der Waals surface area contributed by atoms with Crippen LogP contribution in [0, 0.1) is 25.6 Å². The van der Waals surface area contributed by atoms with Gasteiger partial charge in [0.15, 0.2) is 0 Å². The molecule has 1 aliphatic heterocycles. The number of nitrogens with zero attached hydrogens (tertiary/aromatic N) is 2. The van der Waals surface area contributed by atoms with E-state index in [-0.39, 0.29) is 17.8 Å². The summed E-state index contributed by atoms with van der Waals surface area (Å²) < 4.78 is 18.9. The minimum atomic E-state index is -0.278. The highest BCUT2D eigenvalue weighted by Crippen LogP contribution is 2.43. The Morgan fingerprint density at radius 1 is 1.32 bits per heavy atom. The number of benzene rings is 1. The van der Waals surface area contributed by atoms with Crippen LogP contribution < -0.4 is 4.74 Å². The van der Waals surface area contributed by atoms with Gasteiger partial charge >= 0.3 is 0 Å². The number of rotatable bonds is 4. The number of hydrogen-bond acceptors (Lipinski definition) is 4. The molecule has 1 aromatic heterocycles. The number of carbonyl (C=O) groups is 1. The number of piperidine rings is 1. The van der Waals surface area contributed by atoms with Gasteiger partial charge in [0.05, 0.1) is 16.7 Å². The SMILES string of the molecule is Cc1nc(C)c(C(=O)N2[C@@H]3CC[C@@H](C3)[C@@H]2COc2ccc(F)cc2)s1. The molecule has 0 radical (unpaired) electrons. The predicted molar refractivity (Wildman–Crippen MR) is 94.6 cm³/mol. The van der Waals surface area contributed by atoms with E-state index in [1.165, 1.54) is 23.5 Å². The van der Waals surface area contributed by atoms with Crippen molar-refractivity contribution >= 4 is 17.2 Å². The van der Waals surface area contributed by atoms with Crippen LogP contribution in [0.3, 0.4) is 0 Å². The van der Waals surface area contributed by atoms with E-state index in [0.29, 0.717) is 24.3 Å². The molecule has 4 rings (SSSR count). The Labute approximate surface area is 150 Å². The van der Waals surface area contributed by atoms with E-state index in [1.807, 2.05) is 18.7 Å². The number of fused-ring (bicyclic) bond motifs is 2. The first-order chi connectivity index (χ1) is 12.0. The summed E-state index contributed by atoms with van der Waals surface area (Å²) in [4.78, 5) is 20.3. The highest BCUT2D eigenvalue weighted by molar-refractivity contribution is 7.13. The third-order valence-corrected chi connectivity index (χ3v) is 6.37. The van der Waals surface area contributed by atoms with Gasteiger partial charge in [0.25, 0.3) is 5.91 Å². The standard InChI is InChI=1S/C19H21FN2O2S/c1-11-18(25-12(2)21-11)19(23)22-15-6-3-13(9-15)17(22)10-24-16-7-4-14(20)5-8-16/h4-5,7-8,13,15,17H,3,6,9-10H2,1-2H3/t13-,15+,17-/m0/s1. The van der Waals surface area contributed by atoms with Gasteiger partial charge in [-0.2, -0.15) is 0 Å². The molecule has 1 aliphatic carbocycles. The zero-order valence-corrected chi connectivity index (χ0v) is 15.2. The Morgan fingerprint density at radius 3 is 2.76 bits per heavy atom. The number of ether oxygens (including phenoxy) is 1. The number of aromatic nitrogens is 1. The number of likely N-dealkylation sites (tertiary alicyclic amines) is 1. The first-order valence-corrected chi connectivity index (χ1v) is 9.49. The Balaban J connectivity index is 1.52. The molecule has 3 atom stereocenters. The van der Waals surface area contributed by atoms with E-state index in [9.17, 15) is 9.18 Å². The Bertz CT molecular complexity index is 789. The fourth-order valence-electron chi connectivity index (χ4n) is 4.18. The van der Waals surface area contributed by atoms with Crippen LogP contribution in [0.1, 0.15) is 39.6 Å². The van der Waals surface area contributed by atoms with Gasteiger partial charge < -0.3 is 9.64 Å². The minimum absolute atomic E-state index is 0.0816. The average molecular weight is 360 g/mol. The fourth-order valence-corrected chi connectivity index (χ4v) is 5.05. The van der Waals surface area contributed by atoms with Crippen molar-refractivity contribution in [2.45, 2.75) is 45.2 Å². The summed E-state index contributed by atoms with van der Waals surface area (Å²) in [6.07, 6.45) is 3.27. The van der Waals surface area contributed by atoms with Crippen LogP contribution >= 0.6 is 11.3 Å². The molecule has 2 bridgehead atoms. The topological polar surface area (TPSA) is 42.4 Å². The van der Waals surface area contributed by atoms with Gasteiger partial charge in [-0.15, -0.1) is 11.3 Å². The van der Waals surface area contributed by atoms with Gasteiger partial charge in [-0.25, -0.2) is 9.37 Å². The molecule has 0 N–H and O–H groups in total. The van der Waals surface area contributed by atoms with Crippen LogP contribution in [-0.4, -0.2) is 34.5 Å². The van der Waals surface area contributed by atoms with Crippen LogP contribution in [0.5, 0.6) is 5.75 Å². The number of amides is 1. The lowest BCUT2D eigenvalue weighted by Gasteiger charge is -2.35. The smallest absolute Gasteiger partial charge is 0.266 e. The second-order valence-corrected chi connectivity index (χ2v) is 8.12. The maximum Gasteiger partial charge on any atom is 0.266 e. The fraction of sp³-hybridized carbons (Fsp3) is 0.474. The molecule has 132 valence electrons. The summed E-state index contributed by atoms with van der Waals surface area (Å²) in [5.41, 5.74) is 0.813. The molecule has 1 saturated carbocycles. The highest BCUT2D eigenvalue weighted by Gasteiger charge is 2.49. The first-order valence-electron chi connectivity index (χ1n) is 8.68. The van der Waals surface area contributed by atoms with Gasteiger partial charge in [0.1, 0.15) is 23.1 Å². The van der Waals surface area contributed by atoms with Crippen molar-refractivity contribution in [1.29, 1.82) is 0 Å². The maximum absolute atomic E-state index is 13.1. The molecule has 1 amide bonds. The summed E-state index contributed by atoms with van der Waals surface area (Å²) in [5, 5.41) is 0.921. The van der Waals surface area contributed by atoms with E-state index in [1.54, 1.807) is 12.1 Å². The van der Waals surface area contributed by atoms with E-state index >= 15 is 0 Å². The van der Waals surface area contributed by atoms with Gasteiger partial charge in [-0.05, 0) is 63.3 Å². The summed E-state index contributed by atoms with van der Waals surface area (Å²) >= 11 is 1.47. The zero-order chi connectivity index (χ0) is 17.6. The van der Waals surface area contributed by atoms with E-state index in [2.05, 4.69) is 4.98 Å². The molecule has 4 nitrogen and oxygen atoms in total. The Kier molecular flexibility index (Phi) is 4.23. The second-order valence-electron chi connectivity index (χ2n) is 6.92. The van der Waals surface area contributed by atoms with Crippen LogP contribution in [0.4, 0.5) is 4.39 Å². The second kappa shape index (κ2) is 6.41. The van der Waals surface area contributed by atoms with Gasteiger partial charge in [0.2, 0.25) is 0 Å². The van der Waals surface area contributed by atoms with Crippen molar-refractivity contribution in [3.05, 3.63) is 45.7 Å². The number of aryl methyl sites for hydroxylation is 2. The molecular weight excluding hydrogens is 339 g/mol. The van der Waals surface area contributed by atoms with E-state index < -0.39 is 0 Å². The molecule has 0 spiro atoms. The largest absolute Gasteiger partial charge is 0.491 e. The molecular formula is C19H21FN2O2S. The minimum Gasteiger partial charge on any atom is -0.491 e. The predicted octanol–water partition coefficient (Wildman–Crippen LogP) is 3.97. The summed E-state index contributed by atoms with van der Waals surface area (Å²) in [5.74, 6) is 0.938. The summed E-state index contributed by atoms with van der Waals surface area (Å²) in [6, 6.07) is 6.43. The van der Waals surface area contributed by atoms with Crippen LogP contribution in [0.15, 0.2) is 24.3 Å². The lowest BCUT2D eigenvalue weighted by atomic mass is 9.99. The van der Waals surface area contributed by atoms with Crippen LogP contribution in [0.2, 0.25) is 0 Å². The average Bonchev–Trinajstić information content (AvgIpc) is 3.28. The summed E-state index contributed by atoms with van der Waals surface area (Å²) in [6.45, 7) is 4.28. The highest BCUT2D eigenvalue weighted by atomic mass is 32.1. The zero-order valence-electron chi connectivity index (χ0n) is 14.4. The molecule has 0 unspecified atom stereocenters. The van der Waals surface area contributed by atoms with Crippen molar-refractivity contribution < 1.29 is 13.9 Å². The molecule has 1 aromatic carbocycles. The maximum atomic E-state index is 13.1. The molecule has 2 aliphatic rings. The quantitative estimate of drug-likeness (QED) is 0.828. The van der Waals surface area contributed by atoms with Crippen LogP contribution in [0.25, 0.3) is 0 Å².